The van der Waals surface area contributed by atoms with E-state index in [2.05, 4.69) is 21.2 Å². The number of nitrogens with one attached hydrogen (secondary N) is 1. The largest absolute Gasteiger partial charge is 0.494 e. The van der Waals surface area contributed by atoms with E-state index in [0.29, 0.717) is 29.9 Å². The lowest BCUT2D eigenvalue weighted by Crippen LogP contribution is -2.49. The maximum Gasteiger partial charge on any atom is 0.416 e. The number of nitrogens with zero attached hydrogens (tertiary/aromatic N) is 1. The van der Waals surface area contributed by atoms with Gasteiger partial charge in [-0.1, -0.05) is 70.5 Å². The zero-order valence-corrected chi connectivity index (χ0v) is 25.1. The summed E-state index contributed by atoms with van der Waals surface area (Å²) in [4.78, 5) is 19.2. The summed E-state index contributed by atoms with van der Waals surface area (Å²) in [6.45, 7) is 0.411. The topological polar surface area (TPSA) is 80.2 Å². The first-order chi connectivity index (χ1) is 21.2. The number of aliphatic hydroxyl groups is 1. The molecule has 5 rings (SSSR count). The van der Waals surface area contributed by atoms with Crippen molar-refractivity contribution < 1.29 is 32.5 Å². The second-order valence-corrected chi connectivity index (χ2v) is 11.3. The number of benzene rings is 4. The SMILES string of the molecule is O=C(NCc1ccc(C(F)(F)F)cc1)[C@]1(Cc2ccccc2)N=C(c2ccc(OCCCO)cc2)O[C@@H]1c1ccc(Br)cc1. The summed E-state index contributed by atoms with van der Waals surface area (Å²) in [5.74, 6) is 0.476. The Labute approximate surface area is 261 Å². The van der Waals surface area contributed by atoms with Crippen LogP contribution in [0.2, 0.25) is 0 Å². The molecule has 0 aliphatic carbocycles. The molecule has 0 saturated carbocycles. The molecule has 4 aromatic rings. The van der Waals surface area contributed by atoms with E-state index in [1.807, 2.05) is 54.6 Å². The maximum absolute atomic E-state index is 14.3. The van der Waals surface area contributed by atoms with Gasteiger partial charge in [0.15, 0.2) is 11.6 Å². The lowest BCUT2D eigenvalue weighted by atomic mass is 9.82. The number of ether oxygens (including phenoxy) is 2. The standard InChI is InChI=1S/C34H30BrF3N2O4/c35-28-15-9-25(10-16-28)30-33(21-23-5-2-1-3-6-23,32(42)39-22-24-7-13-27(14-8-24)34(36,37)38)40-31(44-30)26-11-17-29(18-12-26)43-20-4-19-41/h1-3,5-18,30,41H,4,19-22H2,(H,39,42)/t30-,33-/m1/s1. The molecule has 0 spiro atoms. The molecule has 10 heteroatoms. The number of alkyl halides is 3. The van der Waals surface area contributed by atoms with Crippen LogP contribution in [0.4, 0.5) is 13.2 Å². The Balaban J connectivity index is 1.51. The van der Waals surface area contributed by atoms with Crippen LogP contribution in [0.1, 0.15) is 40.3 Å². The highest BCUT2D eigenvalue weighted by Crippen LogP contribution is 2.43. The normalized spacial score (nSPS) is 17.9. The summed E-state index contributed by atoms with van der Waals surface area (Å²) in [5.41, 5.74) is 0.560. The average Bonchev–Trinajstić information content (AvgIpc) is 3.41. The minimum atomic E-state index is -4.45. The van der Waals surface area contributed by atoms with Gasteiger partial charge < -0.3 is 19.9 Å². The molecule has 1 amide bonds. The molecule has 0 unspecified atom stereocenters. The lowest BCUT2D eigenvalue weighted by Gasteiger charge is -2.31. The van der Waals surface area contributed by atoms with Crippen molar-refractivity contribution >= 4 is 27.7 Å². The van der Waals surface area contributed by atoms with Gasteiger partial charge in [0.05, 0.1) is 12.2 Å². The van der Waals surface area contributed by atoms with E-state index in [1.54, 1.807) is 24.3 Å². The molecule has 1 aliphatic heterocycles. The Bertz CT molecular complexity index is 1580. The molecule has 0 radical (unpaired) electrons. The summed E-state index contributed by atoms with van der Waals surface area (Å²) in [6.07, 6.45) is -4.54. The van der Waals surface area contributed by atoms with E-state index < -0.39 is 29.3 Å². The average molecular weight is 668 g/mol. The Morgan fingerprint density at radius 3 is 2.25 bits per heavy atom. The van der Waals surface area contributed by atoms with Crippen LogP contribution < -0.4 is 10.1 Å². The van der Waals surface area contributed by atoms with Crippen LogP contribution in [0.25, 0.3) is 0 Å². The quantitative estimate of drug-likeness (QED) is 0.168. The van der Waals surface area contributed by atoms with Crippen LogP contribution in [0.3, 0.4) is 0 Å². The van der Waals surface area contributed by atoms with Gasteiger partial charge in [-0.2, -0.15) is 13.2 Å². The molecule has 6 nitrogen and oxygen atoms in total. The third-order valence-corrected chi connectivity index (χ3v) is 7.78. The van der Waals surface area contributed by atoms with E-state index in [0.717, 1.165) is 27.7 Å². The second-order valence-electron chi connectivity index (χ2n) is 10.4. The fourth-order valence-corrected chi connectivity index (χ4v) is 5.24. The first-order valence-electron chi connectivity index (χ1n) is 14.0. The van der Waals surface area contributed by atoms with E-state index in [4.69, 9.17) is 19.6 Å². The van der Waals surface area contributed by atoms with Crippen LogP contribution in [-0.4, -0.2) is 35.7 Å². The molecule has 2 N–H and O–H groups in total. The van der Waals surface area contributed by atoms with Gasteiger partial charge in [0.25, 0.3) is 5.91 Å². The number of carbonyl (C=O) groups is 1. The third kappa shape index (κ3) is 7.31. The summed E-state index contributed by atoms with van der Waals surface area (Å²) in [5, 5.41) is 11.9. The zero-order valence-electron chi connectivity index (χ0n) is 23.6. The van der Waals surface area contributed by atoms with Crippen molar-refractivity contribution in [2.24, 2.45) is 4.99 Å². The summed E-state index contributed by atoms with van der Waals surface area (Å²) >= 11 is 3.47. The molecule has 2 atom stereocenters. The van der Waals surface area contributed by atoms with E-state index in [-0.39, 0.29) is 25.5 Å². The fourth-order valence-electron chi connectivity index (χ4n) is 4.97. The molecule has 44 heavy (non-hydrogen) atoms. The highest BCUT2D eigenvalue weighted by atomic mass is 79.9. The minimum absolute atomic E-state index is 0.00526. The van der Waals surface area contributed by atoms with Gasteiger partial charge in [0.2, 0.25) is 5.90 Å². The third-order valence-electron chi connectivity index (χ3n) is 7.25. The maximum atomic E-state index is 14.3. The molecule has 0 fully saturated rings. The second kappa shape index (κ2) is 13.7. The number of halogens is 4. The van der Waals surface area contributed by atoms with Crippen molar-refractivity contribution in [2.45, 2.75) is 37.2 Å². The Kier molecular flexibility index (Phi) is 9.71. The van der Waals surface area contributed by atoms with Crippen molar-refractivity contribution in [3.05, 3.63) is 135 Å². The van der Waals surface area contributed by atoms with Gasteiger partial charge >= 0.3 is 6.18 Å². The molecule has 0 aromatic heterocycles. The van der Waals surface area contributed by atoms with Crippen LogP contribution in [-0.2, 0) is 28.7 Å². The highest BCUT2D eigenvalue weighted by Gasteiger charge is 2.53. The summed E-state index contributed by atoms with van der Waals surface area (Å²) < 4.78 is 52.2. The fraction of sp³-hybridized carbons (Fsp3) is 0.235. The highest BCUT2D eigenvalue weighted by molar-refractivity contribution is 9.10. The molecule has 228 valence electrons. The van der Waals surface area contributed by atoms with E-state index in [9.17, 15) is 18.0 Å². The minimum Gasteiger partial charge on any atom is -0.494 e. The number of hydrogen-bond acceptors (Lipinski definition) is 5. The molecule has 0 saturated heterocycles. The van der Waals surface area contributed by atoms with Crippen LogP contribution in [0.5, 0.6) is 5.75 Å². The first kappa shape index (κ1) is 31.3. The monoisotopic (exact) mass is 666 g/mol. The smallest absolute Gasteiger partial charge is 0.416 e. The number of rotatable bonds is 11. The van der Waals surface area contributed by atoms with Crippen LogP contribution in [0.15, 0.2) is 113 Å². The van der Waals surface area contributed by atoms with Gasteiger partial charge in [0.1, 0.15) is 5.75 Å². The molecular weight excluding hydrogens is 637 g/mol. The van der Waals surface area contributed by atoms with Gasteiger partial charge in [-0.05, 0) is 65.2 Å². The Morgan fingerprint density at radius 1 is 0.932 bits per heavy atom. The van der Waals surface area contributed by atoms with E-state index >= 15 is 0 Å². The van der Waals surface area contributed by atoms with Crippen molar-refractivity contribution in [3.63, 3.8) is 0 Å². The van der Waals surface area contributed by atoms with Gasteiger partial charge in [-0.3, -0.25) is 4.79 Å². The Hall–Kier alpha value is -4.15. The molecule has 4 aromatic carbocycles. The zero-order chi connectivity index (χ0) is 31.2. The number of hydrogen-bond donors (Lipinski definition) is 2. The number of amides is 1. The van der Waals surface area contributed by atoms with Gasteiger partial charge in [-0.25, -0.2) is 4.99 Å². The van der Waals surface area contributed by atoms with Gasteiger partial charge in [0, 0.05) is 36.0 Å². The molecule has 1 heterocycles. The lowest BCUT2D eigenvalue weighted by molar-refractivity contribution is -0.137. The van der Waals surface area contributed by atoms with Crippen molar-refractivity contribution in [2.75, 3.05) is 13.2 Å². The first-order valence-corrected chi connectivity index (χ1v) is 14.8. The van der Waals surface area contributed by atoms with Crippen molar-refractivity contribution in [1.29, 1.82) is 0 Å². The molecule has 0 bridgehead atoms. The van der Waals surface area contributed by atoms with Crippen molar-refractivity contribution in [1.82, 2.24) is 5.32 Å². The summed E-state index contributed by atoms with van der Waals surface area (Å²) in [6, 6.07) is 28.8. The molecular formula is C34H30BrF3N2O4. The number of aliphatic hydroxyl groups excluding tert-OH is 1. The van der Waals surface area contributed by atoms with E-state index in [1.165, 1.54) is 12.1 Å². The summed E-state index contributed by atoms with van der Waals surface area (Å²) in [7, 11) is 0. The number of carbonyl (C=O) groups excluding carboxylic acids is 1. The Morgan fingerprint density at radius 2 is 1.61 bits per heavy atom. The van der Waals surface area contributed by atoms with Crippen molar-refractivity contribution in [3.8, 4) is 5.75 Å². The predicted molar refractivity (Wildman–Crippen MR) is 164 cm³/mol. The van der Waals surface area contributed by atoms with Crippen LogP contribution in [0, 0.1) is 0 Å². The van der Waals surface area contributed by atoms with Gasteiger partial charge in [-0.15, -0.1) is 0 Å². The predicted octanol–water partition coefficient (Wildman–Crippen LogP) is 7.05. The molecule has 1 aliphatic rings. The van der Waals surface area contributed by atoms with Crippen LogP contribution >= 0.6 is 15.9 Å². The number of aliphatic imine (C=N–C) groups is 1.